The third kappa shape index (κ3) is 5.40. The maximum atomic E-state index is 12.0. The van der Waals surface area contributed by atoms with Crippen LogP contribution in [-0.4, -0.2) is 25.2 Å². The monoisotopic (exact) mass is 340 g/mol. The summed E-state index contributed by atoms with van der Waals surface area (Å²) >= 11 is 5.98. The number of anilines is 1. The second-order valence-corrected chi connectivity index (χ2v) is 5.82. The molecule has 0 unspecified atom stereocenters. The van der Waals surface area contributed by atoms with E-state index in [9.17, 15) is 4.79 Å². The molecular weight excluding hydrogens is 312 g/mol. The molecule has 1 aromatic rings. The Hall–Kier alpha value is -1.26. The van der Waals surface area contributed by atoms with Crippen molar-refractivity contribution in [3.05, 3.63) is 28.8 Å². The highest BCUT2D eigenvalue weighted by atomic mass is 35.5. The van der Waals surface area contributed by atoms with Gasteiger partial charge in [0.1, 0.15) is 6.61 Å². The van der Waals surface area contributed by atoms with Gasteiger partial charge in [0.05, 0.1) is 5.69 Å². The molecule has 1 aromatic carbocycles. The molecule has 2 heterocycles. The quantitative estimate of drug-likeness (QED) is 0.782. The van der Waals surface area contributed by atoms with Crippen molar-refractivity contribution in [3.63, 3.8) is 0 Å². The number of hydrogen-bond donors (Lipinski definition) is 1. The fourth-order valence-corrected chi connectivity index (χ4v) is 2.82. The molecule has 1 N–H and O–H groups in total. The van der Waals surface area contributed by atoms with Crippen LogP contribution in [0, 0.1) is 0 Å². The van der Waals surface area contributed by atoms with Gasteiger partial charge in [0, 0.05) is 16.6 Å². The maximum absolute atomic E-state index is 12.0. The lowest BCUT2D eigenvalue weighted by molar-refractivity contribution is 0.137. The Morgan fingerprint density at radius 2 is 1.87 bits per heavy atom. The molecule has 1 saturated heterocycles. The van der Waals surface area contributed by atoms with Gasteiger partial charge in [-0.3, -0.25) is 4.90 Å². The van der Waals surface area contributed by atoms with E-state index in [1.54, 1.807) is 4.90 Å². The van der Waals surface area contributed by atoms with E-state index >= 15 is 0 Å². The number of piperidine rings is 1. The van der Waals surface area contributed by atoms with Gasteiger partial charge in [0.25, 0.3) is 0 Å². The number of carbonyl (C=O) groups excluding carboxylic acids is 1. The van der Waals surface area contributed by atoms with Gasteiger partial charge < -0.3 is 10.1 Å². The van der Waals surface area contributed by atoms with Crippen molar-refractivity contribution < 1.29 is 9.53 Å². The zero-order valence-corrected chi connectivity index (χ0v) is 15.4. The normalized spacial score (nSPS) is 17.1. The van der Waals surface area contributed by atoms with Crippen LogP contribution in [0.3, 0.4) is 0 Å². The molecule has 0 atom stereocenters. The first-order valence-electron chi connectivity index (χ1n) is 8.62. The van der Waals surface area contributed by atoms with Gasteiger partial charge >= 0.3 is 6.09 Å². The van der Waals surface area contributed by atoms with E-state index < -0.39 is 0 Å². The van der Waals surface area contributed by atoms with Crippen molar-refractivity contribution >= 4 is 23.4 Å². The van der Waals surface area contributed by atoms with Crippen LogP contribution in [0.25, 0.3) is 0 Å². The van der Waals surface area contributed by atoms with Crippen molar-refractivity contribution in [1.29, 1.82) is 0 Å². The number of ether oxygens (including phenoxy) is 1. The van der Waals surface area contributed by atoms with Gasteiger partial charge in [-0.1, -0.05) is 45.7 Å². The lowest BCUT2D eigenvalue weighted by atomic mass is 10.0. The Bertz CT molecular complexity index is 488. The molecule has 4 nitrogen and oxygen atoms in total. The third-order valence-corrected chi connectivity index (χ3v) is 3.76. The lowest BCUT2D eigenvalue weighted by Crippen LogP contribution is -2.48. The molecular formula is C18H29ClN2O2. The Morgan fingerprint density at radius 3 is 2.48 bits per heavy atom. The summed E-state index contributed by atoms with van der Waals surface area (Å²) in [6.45, 7) is 10.4. The molecule has 0 spiro atoms. The summed E-state index contributed by atoms with van der Waals surface area (Å²) in [5.41, 5.74) is 1.93. The molecule has 0 aliphatic carbocycles. The number of nitrogens with one attached hydrogen (secondary N) is 1. The van der Waals surface area contributed by atoms with Crippen LogP contribution in [0.15, 0.2) is 18.2 Å². The first-order chi connectivity index (χ1) is 11.2. The molecule has 1 fully saturated rings. The van der Waals surface area contributed by atoms with Crippen LogP contribution in [0.5, 0.6) is 0 Å². The van der Waals surface area contributed by atoms with Crippen molar-refractivity contribution in [1.82, 2.24) is 5.32 Å². The SMILES string of the molecule is CC.CCC.O=C1OCc2cc(Cl)ccc2N1C1CCNCC1. The highest BCUT2D eigenvalue weighted by Gasteiger charge is 2.32. The molecule has 0 radical (unpaired) electrons. The first kappa shape index (κ1) is 19.8. The number of rotatable bonds is 1. The number of halogens is 1. The highest BCUT2D eigenvalue weighted by Crippen LogP contribution is 2.32. The Balaban J connectivity index is 0.000000477. The standard InChI is InChI=1S/C13H15ClN2O2.C3H8.C2H6/c14-10-1-2-12-9(7-10)8-18-13(17)16(12)11-3-5-15-6-4-11;1-3-2;1-2/h1-2,7,11,15H,3-6,8H2;3H2,1-2H3;1-2H3. The van der Waals surface area contributed by atoms with Gasteiger partial charge in [-0.25, -0.2) is 4.79 Å². The van der Waals surface area contributed by atoms with E-state index in [1.807, 2.05) is 32.0 Å². The van der Waals surface area contributed by atoms with Gasteiger partial charge in [-0.15, -0.1) is 0 Å². The van der Waals surface area contributed by atoms with Gasteiger partial charge in [0.15, 0.2) is 0 Å². The van der Waals surface area contributed by atoms with E-state index in [2.05, 4.69) is 19.2 Å². The summed E-state index contributed by atoms with van der Waals surface area (Å²) in [5.74, 6) is 0. The molecule has 2 aliphatic rings. The van der Waals surface area contributed by atoms with Crippen LogP contribution < -0.4 is 10.2 Å². The zero-order chi connectivity index (χ0) is 17.2. The molecule has 5 heteroatoms. The number of carbonyl (C=O) groups is 1. The molecule has 130 valence electrons. The summed E-state index contributed by atoms with van der Waals surface area (Å²) in [6.07, 6.45) is 2.92. The zero-order valence-electron chi connectivity index (χ0n) is 14.7. The number of cyclic esters (lactones) is 1. The number of benzene rings is 1. The fraction of sp³-hybridized carbons (Fsp3) is 0.611. The van der Waals surface area contributed by atoms with E-state index in [-0.39, 0.29) is 12.1 Å². The molecule has 0 bridgehead atoms. The van der Waals surface area contributed by atoms with Crippen LogP contribution in [-0.2, 0) is 11.3 Å². The molecule has 1 amide bonds. The van der Waals surface area contributed by atoms with Gasteiger partial charge in [0.2, 0.25) is 0 Å². The topological polar surface area (TPSA) is 41.6 Å². The molecule has 23 heavy (non-hydrogen) atoms. The summed E-state index contributed by atoms with van der Waals surface area (Å²) in [7, 11) is 0. The highest BCUT2D eigenvalue weighted by molar-refractivity contribution is 6.30. The first-order valence-corrected chi connectivity index (χ1v) is 9.00. The number of nitrogens with zero attached hydrogens (tertiary/aromatic N) is 1. The molecule has 0 aromatic heterocycles. The average molecular weight is 341 g/mol. The number of amides is 1. The summed E-state index contributed by atoms with van der Waals surface area (Å²) in [4.78, 5) is 13.8. The van der Waals surface area contributed by atoms with Crippen molar-refractivity contribution in [2.75, 3.05) is 18.0 Å². The summed E-state index contributed by atoms with van der Waals surface area (Å²) in [5, 5.41) is 3.98. The maximum Gasteiger partial charge on any atom is 0.414 e. The summed E-state index contributed by atoms with van der Waals surface area (Å²) < 4.78 is 5.23. The predicted octanol–water partition coefficient (Wildman–Crippen LogP) is 4.99. The Morgan fingerprint density at radius 1 is 1.26 bits per heavy atom. The van der Waals surface area contributed by atoms with E-state index in [1.165, 1.54) is 6.42 Å². The minimum absolute atomic E-state index is 0.221. The minimum Gasteiger partial charge on any atom is -0.444 e. The van der Waals surface area contributed by atoms with Crippen molar-refractivity contribution in [2.24, 2.45) is 0 Å². The minimum atomic E-state index is -0.239. The smallest absolute Gasteiger partial charge is 0.414 e. The van der Waals surface area contributed by atoms with Gasteiger partial charge in [-0.05, 0) is 44.1 Å². The number of hydrogen-bond acceptors (Lipinski definition) is 3. The van der Waals surface area contributed by atoms with Crippen molar-refractivity contribution in [3.8, 4) is 0 Å². The van der Waals surface area contributed by atoms with Crippen LogP contribution in [0.1, 0.15) is 52.5 Å². The predicted molar refractivity (Wildman–Crippen MR) is 97.3 cm³/mol. The number of fused-ring (bicyclic) bond motifs is 1. The Kier molecular flexibility index (Phi) is 9.03. The van der Waals surface area contributed by atoms with E-state index in [0.717, 1.165) is 37.2 Å². The van der Waals surface area contributed by atoms with E-state index in [0.29, 0.717) is 11.6 Å². The van der Waals surface area contributed by atoms with Crippen LogP contribution >= 0.6 is 11.6 Å². The fourth-order valence-electron chi connectivity index (χ4n) is 2.62. The average Bonchev–Trinajstić information content (AvgIpc) is 2.58. The largest absolute Gasteiger partial charge is 0.444 e. The second kappa shape index (κ2) is 10.5. The molecule has 0 saturated carbocycles. The Labute approximate surface area is 145 Å². The van der Waals surface area contributed by atoms with E-state index in [4.69, 9.17) is 16.3 Å². The lowest BCUT2D eigenvalue weighted by Gasteiger charge is -2.37. The van der Waals surface area contributed by atoms with Crippen molar-refractivity contribution in [2.45, 2.75) is 59.6 Å². The second-order valence-electron chi connectivity index (χ2n) is 5.39. The molecule has 2 aliphatic heterocycles. The van der Waals surface area contributed by atoms with Gasteiger partial charge in [-0.2, -0.15) is 0 Å². The third-order valence-electron chi connectivity index (χ3n) is 3.52. The van der Waals surface area contributed by atoms with Crippen LogP contribution in [0.4, 0.5) is 10.5 Å². The van der Waals surface area contributed by atoms with Crippen LogP contribution in [0.2, 0.25) is 5.02 Å². The summed E-state index contributed by atoms with van der Waals surface area (Å²) in [6, 6.07) is 5.84. The molecule has 3 rings (SSSR count).